The van der Waals surface area contributed by atoms with E-state index in [0.717, 1.165) is 48.3 Å². The second kappa shape index (κ2) is 8.78. The highest BCUT2D eigenvalue weighted by atomic mass is 35.5. The molecule has 1 aromatic carbocycles. The van der Waals surface area contributed by atoms with Gasteiger partial charge >= 0.3 is 0 Å². The number of phenols is 1. The van der Waals surface area contributed by atoms with Crippen molar-refractivity contribution in [2.45, 2.75) is 70.8 Å². The molecule has 2 aromatic rings. The summed E-state index contributed by atoms with van der Waals surface area (Å²) in [5, 5.41) is 17.9. The molecule has 0 amide bonds. The van der Waals surface area contributed by atoms with Crippen molar-refractivity contribution >= 4 is 23.7 Å². The second-order valence-electron chi connectivity index (χ2n) is 10.6. The third-order valence-corrected chi connectivity index (χ3v) is 7.25. The first-order chi connectivity index (χ1) is 13.4. The largest absolute Gasteiger partial charge is 0.507 e. The van der Waals surface area contributed by atoms with E-state index < -0.39 is 0 Å². The molecule has 0 unspecified atom stereocenters. The van der Waals surface area contributed by atoms with Gasteiger partial charge in [-0.1, -0.05) is 41.5 Å². The fourth-order valence-electron chi connectivity index (χ4n) is 4.24. The Morgan fingerprint density at radius 1 is 1.00 bits per heavy atom. The van der Waals surface area contributed by atoms with E-state index in [1.807, 2.05) is 0 Å². The highest BCUT2D eigenvalue weighted by Gasteiger charge is 2.39. The Morgan fingerprint density at radius 3 is 1.93 bits per heavy atom. The van der Waals surface area contributed by atoms with E-state index in [1.54, 1.807) is 11.3 Å². The Bertz CT molecular complexity index is 836. The molecule has 0 spiro atoms. The SMILES string of the molecule is CN(C)C1(c2nc(-c3cc(C(C)(C)C)c(O)c(C(C)(C)C)c3)cs2)CCNCC1.Cl. The molecular weight excluding hydrogens is 414 g/mol. The molecule has 1 aromatic heterocycles. The molecule has 2 N–H and O–H groups in total. The van der Waals surface area contributed by atoms with Crippen molar-refractivity contribution in [2.75, 3.05) is 27.2 Å². The van der Waals surface area contributed by atoms with Gasteiger partial charge in [-0.15, -0.1) is 23.7 Å². The molecule has 168 valence electrons. The second-order valence-corrected chi connectivity index (χ2v) is 11.5. The van der Waals surface area contributed by atoms with Gasteiger partial charge in [-0.3, -0.25) is 4.90 Å². The maximum atomic E-state index is 11.0. The number of halogens is 1. The van der Waals surface area contributed by atoms with E-state index in [4.69, 9.17) is 4.98 Å². The van der Waals surface area contributed by atoms with E-state index in [2.05, 4.69) is 83.4 Å². The molecule has 1 fully saturated rings. The highest BCUT2D eigenvalue weighted by Crippen LogP contribution is 2.43. The van der Waals surface area contributed by atoms with Crippen LogP contribution >= 0.6 is 23.7 Å². The summed E-state index contributed by atoms with van der Waals surface area (Å²) in [4.78, 5) is 7.48. The minimum atomic E-state index is -0.140. The van der Waals surface area contributed by atoms with Crippen LogP contribution in [0.25, 0.3) is 11.3 Å². The number of aromatic hydroxyl groups is 1. The first-order valence-electron chi connectivity index (χ1n) is 10.6. The van der Waals surface area contributed by atoms with Crippen LogP contribution in [0.15, 0.2) is 17.5 Å². The quantitative estimate of drug-likeness (QED) is 0.630. The Balaban J connectivity index is 0.00000320. The Hall–Kier alpha value is -1.14. The third-order valence-electron chi connectivity index (χ3n) is 6.21. The molecule has 0 saturated carbocycles. The summed E-state index contributed by atoms with van der Waals surface area (Å²) in [5.74, 6) is 0.423. The van der Waals surface area contributed by atoms with Gasteiger partial charge in [-0.05, 0) is 63.0 Å². The average Bonchev–Trinajstić information content (AvgIpc) is 3.11. The maximum Gasteiger partial charge on any atom is 0.123 e. The van der Waals surface area contributed by atoms with E-state index in [9.17, 15) is 5.11 Å². The lowest BCUT2D eigenvalue weighted by Gasteiger charge is -2.41. The number of benzene rings is 1. The van der Waals surface area contributed by atoms with Crippen molar-refractivity contribution in [3.05, 3.63) is 33.6 Å². The van der Waals surface area contributed by atoms with Gasteiger partial charge in [0.15, 0.2) is 0 Å². The molecule has 1 aliphatic heterocycles. The fraction of sp³-hybridized carbons (Fsp3) is 0.625. The number of nitrogens with zero attached hydrogens (tertiary/aromatic N) is 2. The van der Waals surface area contributed by atoms with E-state index in [1.165, 1.54) is 5.01 Å². The molecule has 0 bridgehead atoms. The van der Waals surface area contributed by atoms with Gasteiger partial charge < -0.3 is 10.4 Å². The van der Waals surface area contributed by atoms with Crippen LogP contribution in [0.2, 0.25) is 0 Å². The summed E-state index contributed by atoms with van der Waals surface area (Å²) in [5.41, 5.74) is 3.81. The number of thiazole rings is 1. The first kappa shape index (κ1) is 25.1. The Labute approximate surface area is 192 Å². The standard InChI is InChI=1S/C24H37N3OS.ClH/c1-22(2,3)17-13-16(14-18(20(17)28)23(4,5)6)19-15-29-21(26-19)24(27(7)8)9-11-25-12-10-24;/h13-15,25,28H,9-12H2,1-8H3;1H. The summed E-state index contributed by atoms with van der Waals surface area (Å²) in [7, 11) is 4.34. The number of piperidine rings is 1. The van der Waals surface area contributed by atoms with Gasteiger partial charge in [0.2, 0.25) is 0 Å². The molecule has 6 heteroatoms. The smallest absolute Gasteiger partial charge is 0.123 e. The van der Waals surface area contributed by atoms with Gasteiger partial charge in [0.1, 0.15) is 10.8 Å². The van der Waals surface area contributed by atoms with Crippen molar-refractivity contribution in [3.63, 3.8) is 0 Å². The number of nitrogens with one attached hydrogen (secondary N) is 1. The highest BCUT2D eigenvalue weighted by molar-refractivity contribution is 7.10. The Kier molecular flexibility index (Phi) is 7.35. The molecular formula is C24H38ClN3OS. The monoisotopic (exact) mass is 451 g/mol. The minimum Gasteiger partial charge on any atom is -0.507 e. The summed E-state index contributed by atoms with van der Waals surface area (Å²) >= 11 is 1.77. The molecule has 1 aliphatic rings. The molecule has 0 radical (unpaired) electrons. The first-order valence-corrected chi connectivity index (χ1v) is 11.5. The van der Waals surface area contributed by atoms with Crippen molar-refractivity contribution in [3.8, 4) is 17.0 Å². The van der Waals surface area contributed by atoms with Crippen molar-refractivity contribution in [1.82, 2.24) is 15.2 Å². The fourth-order valence-corrected chi connectivity index (χ4v) is 5.41. The zero-order valence-corrected chi connectivity index (χ0v) is 21.4. The van der Waals surface area contributed by atoms with Crippen LogP contribution in [0.5, 0.6) is 5.75 Å². The molecule has 3 rings (SSSR count). The lowest BCUT2D eigenvalue weighted by molar-refractivity contribution is 0.107. The van der Waals surface area contributed by atoms with Gasteiger partial charge in [-0.2, -0.15) is 0 Å². The topological polar surface area (TPSA) is 48.4 Å². The molecule has 0 atom stereocenters. The van der Waals surface area contributed by atoms with Crippen LogP contribution in [0.1, 0.15) is 70.5 Å². The molecule has 0 aliphatic carbocycles. The summed E-state index contributed by atoms with van der Waals surface area (Å²) in [6.45, 7) is 15.0. The summed E-state index contributed by atoms with van der Waals surface area (Å²) < 4.78 is 0. The van der Waals surface area contributed by atoms with Gasteiger partial charge in [-0.25, -0.2) is 4.98 Å². The third kappa shape index (κ3) is 4.69. The van der Waals surface area contributed by atoms with Crippen LogP contribution < -0.4 is 5.32 Å². The molecule has 2 heterocycles. The Morgan fingerprint density at radius 2 is 1.50 bits per heavy atom. The van der Waals surface area contributed by atoms with E-state index >= 15 is 0 Å². The number of rotatable bonds is 3. The van der Waals surface area contributed by atoms with Crippen molar-refractivity contribution in [2.24, 2.45) is 0 Å². The number of aromatic nitrogens is 1. The molecule has 1 saturated heterocycles. The van der Waals surface area contributed by atoms with Crippen molar-refractivity contribution < 1.29 is 5.11 Å². The van der Waals surface area contributed by atoms with E-state index in [0.29, 0.717) is 5.75 Å². The predicted octanol–water partition coefficient (Wildman–Crippen LogP) is 5.67. The zero-order valence-electron chi connectivity index (χ0n) is 19.7. The summed E-state index contributed by atoms with van der Waals surface area (Å²) in [6, 6.07) is 4.27. The number of phenolic OH excluding ortho intramolecular Hbond substituents is 1. The summed E-state index contributed by atoms with van der Waals surface area (Å²) in [6.07, 6.45) is 2.14. The lowest BCUT2D eigenvalue weighted by Crippen LogP contribution is -2.49. The van der Waals surface area contributed by atoms with E-state index in [-0.39, 0.29) is 28.8 Å². The van der Waals surface area contributed by atoms with Crippen LogP contribution in [-0.4, -0.2) is 42.2 Å². The maximum absolute atomic E-state index is 11.0. The molecule has 30 heavy (non-hydrogen) atoms. The molecule has 4 nitrogen and oxygen atoms in total. The van der Waals surface area contributed by atoms with Crippen molar-refractivity contribution in [1.29, 1.82) is 0 Å². The minimum absolute atomic E-state index is 0. The van der Waals surface area contributed by atoms with Crippen LogP contribution in [0.4, 0.5) is 0 Å². The number of hydrogen-bond acceptors (Lipinski definition) is 5. The number of hydrogen-bond donors (Lipinski definition) is 2. The average molecular weight is 452 g/mol. The zero-order chi connectivity index (χ0) is 21.6. The van der Waals surface area contributed by atoms with Gasteiger partial charge in [0.25, 0.3) is 0 Å². The predicted molar refractivity (Wildman–Crippen MR) is 131 cm³/mol. The van der Waals surface area contributed by atoms with Crippen LogP contribution in [0, 0.1) is 0 Å². The van der Waals surface area contributed by atoms with Gasteiger partial charge in [0, 0.05) is 22.1 Å². The normalized spacial score (nSPS) is 17.1. The van der Waals surface area contributed by atoms with Crippen LogP contribution in [-0.2, 0) is 16.4 Å². The lowest BCUT2D eigenvalue weighted by atomic mass is 9.78. The van der Waals surface area contributed by atoms with Crippen LogP contribution in [0.3, 0.4) is 0 Å². The van der Waals surface area contributed by atoms with Gasteiger partial charge in [0.05, 0.1) is 11.2 Å².